The lowest BCUT2D eigenvalue weighted by Gasteiger charge is -2.14. The Morgan fingerprint density at radius 2 is 1.88 bits per heavy atom. The number of nitrogens with one attached hydrogen (secondary N) is 1. The number of carbonyl (C=O) groups is 2. The molecule has 0 bridgehead atoms. The monoisotopic (exact) mass is 480 g/mol. The molecule has 0 aliphatic heterocycles. The first-order valence-electron chi connectivity index (χ1n) is 9.82. The summed E-state index contributed by atoms with van der Waals surface area (Å²) in [7, 11) is 1.41. The summed E-state index contributed by atoms with van der Waals surface area (Å²) < 4.78 is 24.2. The number of hydrogen-bond donors (Lipinski definition) is 2. The third-order valence-corrected chi connectivity index (χ3v) is 4.91. The Morgan fingerprint density at radius 1 is 1.18 bits per heavy atom. The van der Waals surface area contributed by atoms with Crippen molar-refractivity contribution in [3.8, 4) is 17.6 Å². The van der Waals surface area contributed by atoms with Crippen molar-refractivity contribution in [2.45, 2.75) is 6.61 Å². The van der Waals surface area contributed by atoms with Crippen molar-refractivity contribution in [2.75, 3.05) is 12.4 Å². The highest BCUT2D eigenvalue weighted by Gasteiger charge is 2.17. The van der Waals surface area contributed by atoms with E-state index in [2.05, 4.69) is 5.32 Å². The Kier molecular flexibility index (Phi) is 7.85. The minimum absolute atomic E-state index is 0.0568. The Balaban J connectivity index is 1.84. The van der Waals surface area contributed by atoms with Crippen LogP contribution in [0.2, 0.25) is 5.02 Å². The molecule has 3 aromatic rings. The van der Waals surface area contributed by atoms with Crippen molar-refractivity contribution in [3.05, 3.63) is 93.8 Å². The Morgan fingerprint density at radius 3 is 2.53 bits per heavy atom. The van der Waals surface area contributed by atoms with E-state index in [1.54, 1.807) is 24.3 Å². The van der Waals surface area contributed by atoms with Crippen molar-refractivity contribution >= 4 is 35.2 Å². The summed E-state index contributed by atoms with van der Waals surface area (Å²) in [5.74, 6) is -1.87. The topological polar surface area (TPSA) is 109 Å². The molecule has 0 fully saturated rings. The number of hydrogen-bond acceptors (Lipinski definition) is 5. The van der Waals surface area contributed by atoms with E-state index in [-0.39, 0.29) is 45.8 Å². The standard InChI is InChI=1S/C25H18ClFN2O5/c1-33-22-12-16(11-20(26)23(22)34-14-15-6-8-18(27)9-7-15)10-17(13-28)24(30)29-21-5-3-2-4-19(21)25(31)32/h2-12H,14H2,1H3,(H,29,30)(H,31,32)/b17-10+. The molecule has 3 aromatic carbocycles. The Bertz CT molecular complexity index is 1300. The fourth-order valence-corrected chi connectivity index (χ4v) is 3.26. The molecule has 2 N–H and O–H groups in total. The third-order valence-electron chi connectivity index (χ3n) is 4.63. The van der Waals surface area contributed by atoms with Crippen molar-refractivity contribution in [1.29, 1.82) is 5.26 Å². The number of carboxylic acid groups (broad SMARTS) is 1. The molecule has 9 heteroatoms. The van der Waals surface area contributed by atoms with Gasteiger partial charge in [-0.15, -0.1) is 0 Å². The molecular formula is C25H18ClFN2O5. The zero-order valence-corrected chi connectivity index (χ0v) is 18.6. The molecule has 0 saturated carbocycles. The number of para-hydroxylation sites is 1. The number of carboxylic acids is 1. The quantitative estimate of drug-likeness (QED) is 0.334. The predicted molar refractivity (Wildman–Crippen MR) is 124 cm³/mol. The normalized spacial score (nSPS) is 10.8. The minimum atomic E-state index is -1.22. The van der Waals surface area contributed by atoms with Crippen molar-refractivity contribution in [1.82, 2.24) is 0 Å². The molecule has 0 saturated heterocycles. The van der Waals surface area contributed by atoms with Gasteiger partial charge in [0.2, 0.25) is 0 Å². The Labute approximate surface area is 199 Å². The van der Waals surface area contributed by atoms with Crippen LogP contribution in [0.15, 0.2) is 66.2 Å². The van der Waals surface area contributed by atoms with Crippen LogP contribution in [0.1, 0.15) is 21.5 Å². The predicted octanol–water partition coefficient (Wildman–Crippen LogP) is 5.31. The van der Waals surface area contributed by atoms with Gasteiger partial charge in [0, 0.05) is 0 Å². The Hall–Kier alpha value is -4.35. The van der Waals surface area contributed by atoms with Gasteiger partial charge in [0.1, 0.15) is 24.1 Å². The molecule has 0 atom stereocenters. The van der Waals surface area contributed by atoms with Crippen LogP contribution in [-0.4, -0.2) is 24.1 Å². The summed E-state index contributed by atoms with van der Waals surface area (Å²) in [6, 6.07) is 16.4. The van der Waals surface area contributed by atoms with E-state index >= 15 is 0 Å². The average Bonchev–Trinajstić information content (AvgIpc) is 2.82. The highest BCUT2D eigenvalue weighted by atomic mass is 35.5. The molecule has 0 radical (unpaired) electrons. The number of amides is 1. The van der Waals surface area contributed by atoms with E-state index in [1.807, 2.05) is 0 Å². The lowest BCUT2D eigenvalue weighted by atomic mass is 10.1. The van der Waals surface area contributed by atoms with E-state index < -0.39 is 11.9 Å². The van der Waals surface area contributed by atoms with E-state index in [9.17, 15) is 24.3 Å². The number of methoxy groups -OCH3 is 1. The average molecular weight is 481 g/mol. The summed E-state index contributed by atoms with van der Waals surface area (Å²) >= 11 is 6.35. The maximum absolute atomic E-state index is 13.1. The molecule has 0 aliphatic rings. The minimum Gasteiger partial charge on any atom is -0.493 e. The second kappa shape index (κ2) is 11.0. The van der Waals surface area contributed by atoms with Gasteiger partial charge < -0.3 is 19.9 Å². The molecule has 172 valence electrons. The molecule has 0 heterocycles. The van der Waals surface area contributed by atoms with Gasteiger partial charge >= 0.3 is 5.97 Å². The summed E-state index contributed by atoms with van der Waals surface area (Å²) in [5.41, 5.74) is 0.767. The van der Waals surface area contributed by atoms with Gasteiger partial charge in [0.15, 0.2) is 11.5 Å². The van der Waals surface area contributed by atoms with Gasteiger partial charge in [0.05, 0.1) is 23.4 Å². The number of carbonyl (C=O) groups excluding carboxylic acids is 1. The van der Waals surface area contributed by atoms with Crippen molar-refractivity contribution < 1.29 is 28.6 Å². The van der Waals surface area contributed by atoms with E-state index in [0.29, 0.717) is 11.1 Å². The summed E-state index contributed by atoms with van der Waals surface area (Å²) in [4.78, 5) is 23.9. The summed E-state index contributed by atoms with van der Waals surface area (Å²) in [6.45, 7) is 0.111. The number of rotatable bonds is 8. The number of halogens is 2. The number of benzene rings is 3. The van der Waals surface area contributed by atoms with Crippen LogP contribution in [0.5, 0.6) is 11.5 Å². The maximum Gasteiger partial charge on any atom is 0.337 e. The number of aromatic carboxylic acids is 1. The van der Waals surface area contributed by atoms with Crippen molar-refractivity contribution in [2.24, 2.45) is 0 Å². The SMILES string of the molecule is COc1cc(/C=C(\C#N)C(=O)Nc2ccccc2C(=O)O)cc(Cl)c1OCc1ccc(F)cc1. The molecular weight excluding hydrogens is 463 g/mol. The number of nitriles is 1. The third kappa shape index (κ3) is 5.91. The summed E-state index contributed by atoms with van der Waals surface area (Å²) in [6.07, 6.45) is 1.29. The number of anilines is 1. The summed E-state index contributed by atoms with van der Waals surface area (Å²) in [5, 5.41) is 21.3. The van der Waals surface area contributed by atoms with E-state index in [0.717, 1.165) is 0 Å². The first-order chi connectivity index (χ1) is 16.3. The maximum atomic E-state index is 13.1. The van der Waals surface area contributed by atoms with Crippen LogP contribution in [0.4, 0.5) is 10.1 Å². The van der Waals surface area contributed by atoms with Gasteiger partial charge in [-0.05, 0) is 53.6 Å². The van der Waals surface area contributed by atoms with Gasteiger partial charge in [-0.1, -0.05) is 35.9 Å². The largest absolute Gasteiger partial charge is 0.493 e. The fourth-order valence-electron chi connectivity index (χ4n) is 2.98. The van der Waals surface area contributed by atoms with Crippen molar-refractivity contribution in [3.63, 3.8) is 0 Å². The van der Waals surface area contributed by atoms with Crippen LogP contribution < -0.4 is 14.8 Å². The first kappa shape index (κ1) is 24.3. The van der Waals surface area contributed by atoms with Gasteiger partial charge in [-0.2, -0.15) is 5.26 Å². The molecule has 7 nitrogen and oxygen atoms in total. The first-order valence-corrected chi connectivity index (χ1v) is 10.2. The highest BCUT2D eigenvalue weighted by molar-refractivity contribution is 6.32. The van der Waals surface area contributed by atoms with Crippen LogP contribution in [0.3, 0.4) is 0 Å². The molecule has 1 amide bonds. The van der Waals surface area contributed by atoms with Crippen LogP contribution >= 0.6 is 11.6 Å². The van der Waals surface area contributed by atoms with Crippen LogP contribution in [-0.2, 0) is 11.4 Å². The molecule has 3 rings (SSSR count). The van der Waals surface area contributed by atoms with E-state index in [4.69, 9.17) is 21.1 Å². The molecule has 0 aromatic heterocycles. The second-order valence-electron chi connectivity index (χ2n) is 6.92. The number of nitrogens with zero attached hydrogens (tertiary/aromatic N) is 1. The van der Waals surface area contributed by atoms with E-state index in [1.165, 1.54) is 55.7 Å². The molecule has 34 heavy (non-hydrogen) atoms. The highest BCUT2D eigenvalue weighted by Crippen LogP contribution is 2.37. The fraction of sp³-hybridized carbons (Fsp3) is 0.0800. The lowest BCUT2D eigenvalue weighted by molar-refractivity contribution is -0.112. The molecule has 0 unspecified atom stereocenters. The number of ether oxygens (including phenoxy) is 2. The lowest BCUT2D eigenvalue weighted by Crippen LogP contribution is -2.16. The smallest absolute Gasteiger partial charge is 0.337 e. The van der Waals surface area contributed by atoms with Crippen LogP contribution in [0, 0.1) is 17.1 Å². The second-order valence-corrected chi connectivity index (χ2v) is 7.33. The molecule has 0 aliphatic carbocycles. The zero-order chi connectivity index (χ0) is 24.7. The van der Waals surface area contributed by atoms with Gasteiger partial charge in [-0.3, -0.25) is 4.79 Å². The van der Waals surface area contributed by atoms with Crippen LogP contribution in [0.25, 0.3) is 6.08 Å². The molecule has 0 spiro atoms. The van der Waals surface area contributed by atoms with Gasteiger partial charge in [0.25, 0.3) is 5.91 Å². The van der Waals surface area contributed by atoms with Gasteiger partial charge in [-0.25, -0.2) is 9.18 Å². The zero-order valence-electron chi connectivity index (χ0n) is 17.8.